The number of nitrogens with one attached hydrogen (secondary N) is 1. The fraction of sp³-hybridized carbons (Fsp3) is 0.400. The van der Waals surface area contributed by atoms with Gasteiger partial charge in [0.25, 0.3) is 0 Å². The van der Waals surface area contributed by atoms with Crippen molar-refractivity contribution in [3.05, 3.63) is 41.5 Å². The van der Waals surface area contributed by atoms with Crippen LogP contribution in [0.1, 0.15) is 37.7 Å². The molecule has 0 aromatic heterocycles. The maximum atomic E-state index is 8.97. The fourth-order valence-corrected chi connectivity index (χ4v) is 2.22. The Morgan fingerprint density at radius 3 is 2.88 bits per heavy atom. The van der Waals surface area contributed by atoms with Crippen molar-refractivity contribution in [2.24, 2.45) is 0 Å². The van der Waals surface area contributed by atoms with Crippen molar-refractivity contribution in [3.8, 4) is 6.07 Å². The highest BCUT2D eigenvalue weighted by molar-refractivity contribution is 5.57. The molecular weight excluding hydrogens is 208 g/mol. The van der Waals surface area contributed by atoms with E-state index < -0.39 is 0 Å². The van der Waals surface area contributed by atoms with Gasteiger partial charge in [0.05, 0.1) is 11.3 Å². The lowest BCUT2D eigenvalue weighted by atomic mass is 9.97. The van der Waals surface area contributed by atoms with Gasteiger partial charge in [0.1, 0.15) is 6.07 Å². The van der Waals surface area contributed by atoms with Gasteiger partial charge < -0.3 is 5.32 Å². The van der Waals surface area contributed by atoms with E-state index in [0.717, 1.165) is 24.2 Å². The molecule has 2 heteroatoms. The SMILES string of the molecule is N#Cc1ccccc1NCCC1=CCCCC1. The van der Waals surface area contributed by atoms with Crippen molar-refractivity contribution in [2.45, 2.75) is 32.1 Å². The van der Waals surface area contributed by atoms with Gasteiger partial charge in [0.2, 0.25) is 0 Å². The van der Waals surface area contributed by atoms with Gasteiger partial charge in [0, 0.05) is 6.54 Å². The molecule has 0 bridgehead atoms. The number of hydrogen-bond donors (Lipinski definition) is 1. The molecule has 1 aromatic rings. The number of allylic oxidation sites excluding steroid dienone is 1. The molecule has 88 valence electrons. The lowest BCUT2D eigenvalue weighted by Crippen LogP contribution is -2.05. The average Bonchev–Trinajstić information content (AvgIpc) is 2.40. The first kappa shape index (κ1) is 11.7. The summed E-state index contributed by atoms with van der Waals surface area (Å²) in [5.74, 6) is 0. The van der Waals surface area contributed by atoms with Crippen LogP contribution in [0, 0.1) is 11.3 Å². The van der Waals surface area contributed by atoms with Crippen LogP contribution < -0.4 is 5.32 Å². The maximum absolute atomic E-state index is 8.97. The Kier molecular flexibility index (Phi) is 4.21. The van der Waals surface area contributed by atoms with Crippen molar-refractivity contribution in [2.75, 3.05) is 11.9 Å². The number of hydrogen-bond acceptors (Lipinski definition) is 2. The smallest absolute Gasteiger partial charge is 0.101 e. The highest BCUT2D eigenvalue weighted by atomic mass is 14.9. The third kappa shape index (κ3) is 3.35. The van der Waals surface area contributed by atoms with E-state index >= 15 is 0 Å². The van der Waals surface area contributed by atoms with Crippen LogP contribution in [0.25, 0.3) is 0 Å². The van der Waals surface area contributed by atoms with Crippen LogP contribution in [0.15, 0.2) is 35.9 Å². The summed E-state index contributed by atoms with van der Waals surface area (Å²) in [6.45, 7) is 0.921. The molecule has 17 heavy (non-hydrogen) atoms. The molecule has 0 spiro atoms. The lowest BCUT2D eigenvalue weighted by Gasteiger charge is -2.13. The lowest BCUT2D eigenvalue weighted by molar-refractivity contribution is 0.679. The van der Waals surface area contributed by atoms with E-state index in [4.69, 9.17) is 5.26 Å². The van der Waals surface area contributed by atoms with Crippen LogP contribution in [0.5, 0.6) is 0 Å². The monoisotopic (exact) mass is 226 g/mol. The molecule has 0 saturated heterocycles. The van der Waals surface area contributed by atoms with E-state index in [1.54, 1.807) is 5.57 Å². The molecule has 0 fully saturated rings. The van der Waals surface area contributed by atoms with E-state index in [-0.39, 0.29) is 0 Å². The molecule has 1 aliphatic carbocycles. The molecule has 1 N–H and O–H groups in total. The van der Waals surface area contributed by atoms with Gasteiger partial charge in [-0.25, -0.2) is 0 Å². The molecule has 0 radical (unpaired) electrons. The molecule has 2 rings (SSSR count). The van der Waals surface area contributed by atoms with Crippen molar-refractivity contribution in [1.82, 2.24) is 0 Å². The second-order valence-electron chi connectivity index (χ2n) is 4.44. The minimum atomic E-state index is 0.727. The normalized spacial score (nSPS) is 14.9. The predicted octanol–water partition coefficient (Wildman–Crippen LogP) is 3.86. The summed E-state index contributed by atoms with van der Waals surface area (Å²) in [5.41, 5.74) is 3.25. The first-order valence-corrected chi connectivity index (χ1v) is 6.31. The molecule has 2 nitrogen and oxygen atoms in total. The minimum absolute atomic E-state index is 0.727. The molecule has 0 unspecified atom stereocenters. The zero-order valence-corrected chi connectivity index (χ0v) is 10.1. The molecule has 1 aromatic carbocycles. The molecule has 0 atom stereocenters. The minimum Gasteiger partial charge on any atom is -0.384 e. The van der Waals surface area contributed by atoms with Gasteiger partial charge in [-0.2, -0.15) is 5.26 Å². The molecule has 0 amide bonds. The van der Waals surface area contributed by atoms with E-state index in [2.05, 4.69) is 17.5 Å². The first-order valence-electron chi connectivity index (χ1n) is 6.31. The van der Waals surface area contributed by atoms with Gasteiger partial charge >= 0.3 is 0 Å². The summed E-state index contributed by atoms with van der Waals surface area (Å²) in [7, 11) is 0. The number of para-hydroxylation sites is 1. The van der Waals surface area contributed by atoms with E-state index in [1.807, 2.05) is 24.3 Å². The average molecular weight is 226 g/mol. The summed E-state index contributed by atoms with van der Waals surface area (Å²) in [4.78, 5) is 0. The van der Waals surface area contributed by atoms with Crippen molar-refractivity contribution in [3.63, 3.8) is 0 Å². The quantitative estimate of drug-likeness (QED) is 0.791. The standard InChI is InChI=1S/C15H18N2/c16-12-14-8-4-5-9-15(14)17-11-10-13-6-2-1-3-7-13/h4-6,8-9,17H,1-3,7,10-11H2. The Hall–Kier alpha value is -1.75. The number of nitrogens with zero attached hydrogens (tertiary/aromatic N) is 1. The topological polar surface area (TPSA) is 35.8 Å². The number of anilines is 1. The molecule has 0 aliphatic heterocycles. The second-order valence-corrected chi connectivity index (χ2v) is 4.44. The Labute approximate surface area is 103 Å². The van der Waals surface area contributed by atoms with Crippen molar-refractivity contribution in [1.29, 1.82) is 5.26 Å². The molecular formula is C15H18N2. The van der Waals surface area contributed by atoms with Crippen LogP contribution in [0.4, 0.5) is 5.69 Å². The fourth-order valence-electron chi connectivity index (χ4n) is 2.22. The largest absolute Gasteiger partial charge is 0.384 e. The summed E-state index contributed by atoms with van der Waals surface area (Å²) in [6, 6.07) is 9.88. The van der Waals surface area contributed by atoms with Crippen molar-refractivity contribution < 1.29 is 0 Å². The molecule has 1 aliphatic rings. The van der Waals surface area contributed by atoms with Gasteiger partial charge in [0.15, 0.2) is 0 Å². The van der Waals surface area contributed by atoms with Crippen LogP contribution in [-0.2, 0) is 0 Å². The predicted molar refractivity (Wildman–Crippen MR) is 70.8 cm³/mol. The van der Waals surface area contributed by atoms with E-state index in [9.17, 15) is 0 Å². The molecule has 0 saturated carbocycles. The zero-order valence-electron chi connectivity index (χ0n) is 10.1. The van der Waals surface area contributed by atoms with Gasteiger partial charge in [-0.05, 0) is 44.2 Å². The van der Waals surface area contributed by atoms with Crippen LogP contribution >= 0.6 is 0 Å². The summed E-state index contributed by atoms with van der Waals surface area (Å²) < 4.78 is 0. The Bertz CT molecular complexity index is 440. The molecule has 0 heterocycles. The Morgan fingerprint density at radius 1 is 1.24 bits per heavy atom. The first-order chi connectivity index (χ1) is 8.40. The summed E-state index contributed by atoms with van der Waals surface area (Å²) in [6.07, 6.45) is 8.64. The van der Waals surface area contributed by atoms with E-state index in [0.29, 0.717) is 0 Å². The third-order valence-electron chi connectivity index (χ3n) is 3.19. The Morgan fingerprint density at radius 2 is 2.12 bits per heavy atom. The van der Waals surface area contributed by atoms with Crippen LogP contribution in [-0.4, -0.2) is 6.54 Å². The zero-order chi connectivity index (χ0) is 11.9. The number of benzene rings is 1. The van der Waals surface area contributed by atoms with Crippen LogP contribution in [0.3, 0.4) is 0 Å². The van der Waals surface area contributed by atoms with Gasteiger partial charge in [-0.3, -0.25) is 0 Å². The maximum Gasteiger partial charge on any atom is 0.101 e. The summed E-state index contributed by atoms with van der Waals surface area (Å²) in [5, 5.41) is 12.3. The van der Waals surface area contributed by atoms with Crippen LogP contribution in [0.2, 0.25) is 0 Å². The third-order valence-corrected chi connectivity index (χ3v) is 3.19. The number of rotatable bonds is 4. The summed E-state index contributed by atoms with van der Waals surface area (Å²) >= 11 is 0. The van der Waals surface area contributed by atoms with Gasteiger partial charge in [-0.15, -0.1) is 0 Å². The Balaban J connectivity index is 1.86. The van der Waals surface area contributed by atoms with Gasteiger partial charge in [-0.1, -0.05) is 23.8 Å². The highest BCUT2D eigenvalue weighted by Crippen LogP contribution is 2.20. The van der Waals surface area contributed by atoms with Crippen molar-refractivity contribution >= 4 is 5.69 Å². The van der Waals surface area contributed by atoms with E-state index in [1.165, 1.54) is 25.7 Å². The number of nitriles is 1. The second kappa shape index (κ2) is 6.10. The highest BCUT2D eigenvalue weighted by Gasteiger charge is 2.04.